The fourth-order valence-corrected chi connectivity index (χ4v) is 1.74. The van der Waals surface area contributed by atoms with Crippen molar-refractivity contribution in [2.24, 2.45) is 0 Å². The Balaban J connectivity index is 2.12. The van der Waals surface area contributed by atoms with E-state index in [1.165, 1.54) is 24.8 Å². The molecule has 0 fully saturated rings. The summed E-state index contributed by atoms with van der Waals surface area (Å²) < 4.78 is 0. The maximum Gasteiger partial charge on any atom is 0.0508 e. The normalized spacial score (nSPS) is 22.0. The lowest BCUT2D eigenvalue weighted by atomic mass is 10.0. The molecular weight excluding hydrogens is 158 g/mol. The molecule has 1 heterocycles. The number of nitrogens with one attached hydrogen (secondary N) is 1. The SMILES string of the molecule is C1=CNC(c2ccccc2)CCC1. The van der Waals surface area contributed by atoms with Crippen LogP contribution in [0.5, 0.6) is 0 Å². The maximum absolute atomic E-state index is 3.42. The number of allylic oxidation sites excluding steroid dienone is 1. The summed E-state index contributed by atoms with van der Waals surface area (Å²) in [6.45, 7) is 0. The molecule has 0 radical (unpaired) electrons. The zero-order chi connectivity index (χ0) is 8.93. The maximum atomic E-state index is 3.42. The van der Waals surface area contributed by atoms with E-state index in [0.717, 1.165) is 0 Å². The van der Waals surface area contributed by atoms with Crippen LogP contribution in [0.25, 0.3) is 0 Å². The van der Waals surface area contributed by atoms with Gasteiger partial charge in [-0.2, -0.15) is 0 Å². The van der Waals surface area contributed by atoms with Gasteiger partial charge in [-0.05, 0) is 31.0 Å². The van der Waals surface area contributed by atoms with Crippen LogP contribution in [-0.4, -0.2) is 0 Å². The quantitative estimate of drug-likeness (QED) is 0.688. The van der Waals surface area contributed by atoms with Crippen LogP contribution in [0.1, 0.15) is 30.9 Å². The smallest absolute Gasteiger partial charge is 0.0508 e. The van der Waals surface area contributed by atoms with Gasteiger partial charge in [-0.15, -0.1) is 0 Å². The van der Waals surface area contributed by atoms with Gasteiger partial charge in [0.25, 0.3) is 0 Å². The molecule has 1 aromatic carbocycles. The highest BCUT2D eigenvalue weighted by molar-refractivity contribution is 5.19. The fraction of sp³-hybridized carbons (Fsp3) is 0.333. The van der Waals surface area contributed by atoms with Gasteiger partial charge in [-0.3, -0.25) is 0 Å². The second-order valence-electron chi connectivity index (χ2n) is 3.46. The molecule has 1 atom stereocenters. The van der Waals surface area contributed by atoms with Crippen molar-refractivity contribution in [2.75, 3.05) is 0 Å². The molecule has 1 nitrogen and oxygen atoms in total. The summed E-state index contributed by atoms with van der Waals surface area (Å²) >= 11 is 0. The zero-order valence-electron chi connectivity index (χ0n) is 7.74. The molecule has 0 saturated carbocycles. The summed E-state index contributed by atoms with van der Waals surface area (Å²) in [5, 5.41) is 3.42. The van der Waals surface area contributed by atoms with E-state index in [4.69, 9.17) is 0 Å². The number of hydrogen-bond acceptors (Lipinski definition) is 1. The molecule has 1 heteroatoms. The lowest BCUT2D eigenvalue weighted by molar-refractivity contribution is 0.565. The molecule has 2 rings (SSSR count). The van der Waals surface area contributed by atoms with Crippen molar-refractivity contribution in [3.8, 4) is 0 Å². The molecule has 0 amide bonds. The third kappa shape index (κ3) is 2.11. The first-order valence-corrected chi connectivity index (χ1v) is 4.93. The molecule has 1 aliphatic rings. The second-order valence-corrected chi connectivity index (χ2v) is 3.46. The Labute approximate surface area is 79.5 Å². The van der Waals surface area contributed by atoms with E-state index in [2.05, 4.69) is 47.9 Å². The largest absolute Gasteiger partial charge is 0.384 e. The predicted octanol–water partition coefficient (Wildman–Crippen LogP) is 3.01. The Morgan fingerprint density at radius 1 is 1.15 bits per heavy atom. The molecule has 0 aliphatic carbocycles. The van der Waals surface area contributed by atoms with Gasteiger partial charge in [0.1, 0.15) is 0 Å². The van der Waals surface area contributed by atoms with Crippen LogP contribution >= 0.6 is 0 Å². The molecule has 0 saturated heterocycles. The van der Waals surface area contributed by atoms with Crippen molar-refractivity contribution in [3.63, 3.8) is 0 Å². The average Bonchev–Trinajstić information content (AvgIpc) is 2.47. The first-order chi connectivity index (χ1) is 6.47. The second kappa shape index (κ2) is 4.13. The van der Waals surface area contributed by atoms with Gasteiger partial charge in [-0.25, -0.2) is 0 Å². The summed E-state index contributed by atoms with van der Waals surface area (Å²) in [6, 6.07) is 11.2. The summed E-state index contributed by atoms with van der Waals surface area (Å²) in [5.41, 5.74) is 1.40. The molecule has 0 aromatic heterocycles. The van der Waals surface area contributed by atoms with E-state index in [1.807, 2.05) is 0 Å². The van der Waals surface area contributed by atoms with Gasteiger partial charge in [0.15, 0.2) is 0 Å². The summed E-state index contributed by atoms with van der Waals surface area (Å²) in [7, 11) is 0. The molecule has 1 unspecified atom stereocenters. The standard InChI is InChI=1S/C12H15N/c1-3-7-11(8-4-1)12-9-5-2-6-10-13-12/h1,3-4,6-8,10,12-13H,2,5,9H2. The summed E-state index contributed by atoms with van der Waals surface area (Å²) in [6.07, 6.45) is 8.02. The first-order valence-electron chi connectivity index (χ1n) is 4.93. The number of hydrogen-bond donors (Lipinski definition) is 1. The van der Waals surface area contributed by atoms with Crippen molar-refractivity contribution >= 4 is 0 Å². The molecule has 0 spiro atoms. The highest BCUT2D eigenvalue weighted by Crippen LogP contribution is 2.20. The van der Waals surface area contributed by atoms with E-state index < -0.39 is 0 Å². The number of rotatable bonds is 1. The van der Waals surface area contributed by atoms with Crippen molar-refractivity contribution in [1.82, 2.24) is 5.32 Å². The highest BCUT2D eigenvalue weighted by Gasteiger charge is 2.09. The lowest BCUT2D eigenvalue weighted by Gasteiger charge is -2.15. The Kier molecular flexibility index (Phi) is 2.65. The molecule has 68 valence electrons. The monoisotopic (exact) mass is 173 g/mol. The lowest BCUT2D eigenvalue weighted by Crippen LogP contribution is -2.13. The van der Waals surface area contributed by atoms with E-state index in [1.54, 1.807) is 0 Å². The van der Waals surface area contributed by atoms with Crippen LogP contribution < -0.4 is 5.32 Å². The molecule has 13 heavy (non-hydrogen) atoms. The molecule has 1 aliphatic heterocycles. The zero-order valence-corrected chi connectivity index (χ0v) is 7.74. The summed E-state index contributed by atoms with van der Waals surface area (Å²) in [5.74, 6) is 0. The van der Waals surface area contributed by atoms with Crippen molar-refractivity contribution in [1.29, 1.82) is 0 Å². The molecule has 1 aromatic rings. The van der Waals surface area contributed by atoms with Gasteiger partial charge in [0.05, 0.1) is 6.04 Å². The van der Waals surface area contributed by atoms with E-state index in [9.17, 15) is 0 Å². The Hall–Kier alpha value is -1.24. The molecule has 1 N–H and O–H groups in total. The van der Waals surface area contributed by atoms with Crippen LogP contribution in [0.2, 0.25) is 0 Å². The van der Waals surface area contributed by atoms with E-state index in [-0.39, 0.29) is 0 Å². The average molecular weight is 173 g/mol. The van der Waals surface area contributed by atoms with Crippen LogP contribution in [0.4, 0.5) is 0 Å². The third-order valence-corrected chi connectivity index (χ3v) is 2.48. The van der Waals surface area contributed by atoms with Gasteiger partial charge in [0.2, 0.25) is 0 Å². The topological polar surface area (TPSA) is 12.0 Å². The van der Waals surface area contributed by atoms with Crippen LogP contribution in [0.15, 0.2) is 42.6 Å². The first kappa shape index (κ1) is 8.36. The van der Waals surface area contributed by atoms with Crippen molar-refractivity contribution in [2.45, 2.75) is 25.3 Å². The Bertz CT molecular complexity index is 276. The van der Waals surface area contributed by atoms with Gasteiger partial charge in [0, 0.05) is 0 Å². The third-order valence-electron chi connectivity index (χ3n) is 2.48. The predicted molar refractivity (Wildman–Crippen MR) is 55.3 cm³/mol. The van der Waals surface area contributed by atoms with Crippen LogP contribution in [-0.2, 0) is 0 Å². The van der Waals surface area contributed by atoms with Crippen LogP contribution in [0.3, 0.4) is 0 Å². The minimum Gasteiger partial charge on any atom is -0.384 e. The Morgan fingerprint density at radius 2 is 2.00 bits per heavy atom. The van der Waals surface area contributed by atoms with Gasteiger partial charge < -0.3 is 5.32 Å². The van der Waals surface area contributed by atoms with Crippen molar-refractivity contribution < 1.29 is 0 Å². The summed E-state index contributed by atoms with van der Waals surface area (Å²) in [4.78, 5) is 0. The van der Waals surface area contributed by atoms with Crippen molar-refractivity contribution in [3.05, 3.63) is 48.2 Å². The molecular formula is C12H15N. The van der Waals surface area contributed by atoms with Gasteiger partial charge in [-0.1, -0.05) is 36.4 Å². The van der Waals surface area contributed by atoms with E-state index in [0.29, 0.717) is 6.04 Å². The van der Waals surface area contributed by atoms with E-state index >= 15 is 0 Å². The Morgan fingerprint density at radius 3 is 2.85 bits per heavy atom. The molecule has 0 bridgehead atoms. The highest BCUT2D eigenvalue weighted by atomic mass is 14.9. The fourth-order valence-electron chi connectivity index (χ4n) is 1.74. The van der Waals surface area contributed by atoms with Gasteiger partial charge >= 0.3 is 0 Å². The minimum atomic E-state index is 0.514. The minimum absolute atomic E-state index is 0.514. The van der Waals surface area contributed by atoms with Crippen LogP contribution in [0, 0.1) is 0 Å². The number of benzene rings is 1.